The summed E-state index contributed by atoms with van der Waals surface area (Å²) in [5.41, 5.74) is 0. The van der Waals surface area contributed by atoms with Crippen LogP contribution in [0.1, 0.15) is 0 Å². The van der Waals surface area contributed by atoms with Gasteiger partial charge >= 0.3 is 0 Å². The lowest BCUT2D eigenvalue weighted by Crippen LogP contribution is -2.19. The van der Waals surface area contributed by atoms with Gasteiger partial charge in [-0.3, -0.25) is 0 Å². The van der Waals surface area contributed by atoms with E-state index in [4.69, 9.17) is 5.11 Å². The van der Waals surface area contributed by atoms with Gasteiger partial charge in [0.1, 0.15) is 0 Å². The standard InChI is InChI=1S/C4H10N2O2/c1-4(7)6-2-3-8-5/h6-7H,1-3,5H2. The van der Waals surface area contributed by atoms with Crippen LogP contribution in [0.25, 0.3) is 0 Å². The summed E-state index contributed by atoms with van der Waals surface area (Å²) in [7, 11) is 0. The summed E-state index contributed by atoms with van der Waals surface area (Å²) in [5, 5.41) is 10.9. The third kappa shape index (κ3) is 5.26. The predicted molar refractivity (Wildman–Crippen MR) is 29.9 cm³/mol. The second-order valence-corrected chi connectivity index (χ2v) is 1.24. The molecule has 0 saturated heterocycles. The molecule has 0 radical (unpaired) electrons. The van der Waals surface area contributed by atoms with Crippen molar-refractivity contribution < 1.29 is 9.94 Å². The van der Waals surface area contributed by atoms with Crippen molar-refractivity contribution in [3.63, 3.8) is 0 Å². The molecule has 0 aromatic carbocycles. The van der Waals surface area contributed by atoms with Crippen molar-refractivity contribution in [2.75, 3.05) is 13.2 Å². The highest BCUT2D eigenvalue weighted by Crippen LogP contribution is 1.69. The first kappa shape index (κ1) is 7.26. The lowest BCUT2D eigenvalue weighted by Gasteiger charge is -1.99. The monoisotopic (exact) mass is 118 g/mol. The molecule has 0 bridgehead atoms. The molecule has 0 atom stereocenters. The summed E-state index contributed by atoms with van der Waals surface area (Å²) < 4.78 is 0. The van der Waals surface area contributed by atoms with Crippen LogP contribution < -0.4 is 11.2 Å². The Bertz CT molecular complexity index is 74.4. The molecule has 4 nitrogen and oxygen atoms in total. The molecule has 0 spiro atoms. The Morgan fingerprint density at radius 3 is 2.88 bits per heavy atom. The summed E-state index contributed by atoms with van der Waals surface area (Å²) >= 11 is 0. The largest absolute Gasteiger partial charge is 0.495 e. The van der Waals surface area contributed by atoms with E-state index in [1.54, 1.807) is 0 Å². The number of nitrogens with one attached hydrogen (secondary N) is 1. The minimum Gasteiger partial charge on any atom is -0.495 e. The molecule has 0 unspecified atom stereocenters. The molecular weight excluding hydrogens is 108 g/mol. The third-order valence-electron chi connectivity index (χ3n) is 0.549. The lowest BCUT2D eigenvalue weighted by molar-refractivity contribution is 0.138. The molecule has 0 aromatic heterocycles. The summed E-state index contributed by atoms with van der Waals surface area (Å²) in [6.45, 7) is 4.01. The van der Waals surface area contributed by atoms with E-state index >= 15 is 0 Å². The minimum absolute atomic E-state index is 0.0675. The molecule has 0 aliphatic carbocycles. The van der Waals surface area contributed by atoms with Gasteiger partial charge in [-0.25, -0.2) is 5.90 Å². The highest BCUT2D eigenvalue weighted by atomic mass is 16.6. The fourth-order valence-corrected chi connectivity index (χ4v) is 0.254. The van der Waals surface area contributed by atoms with Crippen LogP contribution in [0.3, 0.4) is 0 Å². The first-order valence-corrected chi connectivity index (χ1v) is 2.21. The van der Waals surface area contributed by atoms with Gasteiger partial charge < -0.3 is 15.3 Å². The number of nitrogens with two attached hydrogens (primary N) is 1. The van der Waals surface area contributed by atoms with Gasteiger partial charge in [0, 0.05) is 6.54 Å². The molecule has 8 heavy (non-hydrogen) atoms. The van der Waals surface area contributed by atoms with Crippen LogP contribution in [0, 0.1) is 0 Å². The fourth-order valence-electron chi connectivity index (χ4n) is 0.254. The maximum absolute atomic E-state index is 8.38. The van der Waals surface area contributed by atoms with Gasteiger partial charge in [-0.15, -0.1) is 0 Å². The van der Waals surface area contributed by atoms with Crippen molar-refractivity contribution in [2.24, 2.45) is 5.90 Å². The number of hydrogen-bond acceptors (Lipinski definition) is 4. The highest BCUT2D eigenvalue weighted by Gasteiger charge is 1.83. The van der Waals surface area contributed by atoms with E-state index in [1.165, 1.54) is 0 Å². The molecule has 0 aromatic rings. The van der Waals surface area contributed by atoms with E-state index in [2.05, 4.69) is 22.6 Å². The fraction of sp³-hybridized carbons (Fsp3) is 0.500. The molecule has 0 rings (SSSR count). The summed E-state index contributed by atoms with van der Waals surface area (Å²) in [6.07, 6.45) is 0. The average Bonchev–Trinajstić information content (AvgIpc) is 1.66. The second kappa shape index (κ2) is 4.42. The van der Waals surface area contributed by atoms with E-state index in [0.29, 0.717) is 13.2 Å². The number of aliphatic hydroxyl groups excluding tert-OH is 1. The number of aliphatic hydroxyl groups is 1. The zero-order valence-corrected chi connectivity index (χ0v) is 4.55. The minimum atomic E-state index is -0.0675. The van der Waals surface area contributed by atoms with Crippen molar-refractivity contribution >= 4 is 0 Å². The molecule has 0 heterocycles. The average molecular weight is 118 g/mol. The van der Waals surface area contributed by atoms with Gasteiger partial charge in [-0.1, -0.05) is 0 Å². The van der Waals surface area contributed by atoms with Crippen LogP contribution in [0.5, 0.6) is 0 Å². The molecule has 0 saturated carbocycles. The van der Waals surface area contributed by atoms with E-state index in [0.717, 1.165) is 0 Å². The summed E-state index contributed by atoms with van der Waals surface area (Å²) in [6, 6.07) is 0. The SMILES string of the molecule is C=C(O)NCCON. The van der Waals surface area contributed by atoms with E-state index < -0.39 is 0 Å². The summed E-state index contributed by atoms with van der Waals surface area (Å²) in [4.78, 5) is 4.18. The second-order valence-electron chi connectivity index (χ2n) is 1.24. The third-order valence-corrected chi connectivity index (χ3v) is 0.549. The van der Waals surface area contributed by atoms with Crippen LogP contribution in [-0.4, -0.2) is 18.3 Å². The van der Waals surface area contributed by atoms with E-state index in [1.807, 2.05) is 0 Å². The molecular formula is C4H10N2O2. The van der Waals surface area contributed by atoms with Gasteiger partial charge in [0.05, 0.1) is 6.61 Å². The van der Waals surface area contributed by atoms with Crippen molar-refractivity contribution in [3.05, 3.63) is 12.5 Å². The summed E-state index contributed by atoms with van der Waals surface area (Å²) in [5.74, 6) is 4.60. The Morgan fingerprint density at radius 2 is 2.50 bits per heavy atom. The van der Waals surface area contributed by atoms with Crippen molar-refractivity contribution in [2.45, 2.75) is 0 Å². The normalized spacial score (nSPS) is 8.62. The quantitative estimate of drug-likeness (QED) is 0.264. The Kier molecular flexibility index (Phi) is 4.01. The topological polar surface area (TPSA) is 67.5 Å². The first-order valence-electron chi connectivity index (χ1n) is 2.21. The predicted octanol–water partition coefficient (Wildman–Crippen LogP) is -0.505. The Hall–Kier alpha value is -0.740. The van der Waals surface area contributed by atoms with Crippen LogP contribution in [0.15, 0.2) is 12.5 Å². The zero-order valence-electron chi connectivity index (χ0n) is 4.55. The number of rotatable bonds is 4. The smallest absolute Gasteiger partial charge is 0.176 e. The lowest BCUT2D eigenvalue weighted by atomic mass is 10.7. The van der Waals surface area contributed by atoms with Gasteiger partial charge in [0.2, 0.25) is 0 Å². The van der Waals surface area contributed by atoms with E-state index in [-0.39, 0.29) is 5.88 Å². The van der Waals surface area contributed by atoms with Gasteiger partial charge in [0.15, 0.2) is 5.88 Å². The highest BCUT2D eigenvalue weighted by molar-refractivity contribution is 4.73. The Balaban J connectivity index is 2.82. The Labute approximate surface area is 47.9 Å². The molecule has 4 N–H and O–H groups in total. The number of hydrogen-bond donors (Lipinski definition) is 3. The van der Waals surface area contributed by atoms with Crippen molar-refractivity contribution in [1.82, 2.24) is 5.32 Å². The van der Waals surface area contributed by atoms with Gasteiger partial charge in [-0.05, 0) is 6.58 Å². The van der Waals surface area contributed by atoms with Gasteiger partial charge in [-0.2, -0.15) is 0 Å². The maximum Gasteiger partial charge on any atom is 0.176 e. The molecule has 4 heteroatoms. The maximum atomic E-state index is 8.38. The van der Waals surface area contributed by atoms with Crippen LogP contribution in [0.2, 0.25) is 0 Å². The molecule has 0 fully saturated rings. The zero-order chi connectivity index (χ0) is 6.41. The van der Waals surface area contributed by atoms with Crippen molar-refractivity contribution in [1.29, 1.82) is 0 Å². The Morgan fingerprint density at radius 1 is 1.88 bits per heavy atom. The molecule has 0 aliphatic heterocycles. The molecule has 48 valence electrons. The first-order chi connectivity index (χ1) is 3.77. The van der Waals surface area contributed by atoms with Crippen LogP contribution >= 0.6 is 0 Å². The van der Waals surface area contributed by atoms with E-state index in [9.17, 15) is 0 Å². The molecule has 0 amide bonds. The van der Waals surface area contributed by atoms with Crippen LogP contribution in [-0.2, 0) is 4.84 Å². The van der Waals surface area contributed by atoms with Crippen LogP contribution in [0.4, 0.5) is 0 Å². The molecule has 0 aliphatic rings. The van der Waals surface area contributed by atoms with Crippen molar-refractivity contribution in [3.8, 4) is 0 Å². The van der Waals surface area contributed by atoms with Gasteiger partial charge in [0.25, 0.3) is 0 Å².